The first-order valence-corrected chi connectivity index (χ1v) is 10.8. The minimum Gasteiger partial charge on any atom is -0.339 e. The average Bonchev–Trinajstić information content (AvgIpc) is 3.64. The fraction of sp³-hybridized carbons (Fsp3) is 0.308. The van der Waals surface area contributed by atoms with Crippen LogP contribution in [0.2, 0.25) is 0 Å². The van der Waals surface area contributed by atoms with Gasteiger partial charge in [0.1, 0.15) is 6.04 Å². The largest absolute Gasteiger partial charge is 0.339 e. The number of carbonyl (C=O) groups is 2. The Balaban J connectivity index is 1.53. The lowest BCUT2D eigenvalue weighted by atomic mass is 10.1. The number of carbonyl (C=O) groups excluding carboxylic acids is 2. The molecule has 0 spiro atoms. The first kappa shape index (κ1) is 23.3. The number of allylic oxidation sites excluding steroid dienone is 1. The van der Waals surface area contributed by atoms with Crippen LogP contribution in [0.3, 0.4) is 0 Å². The van der Waals surface area contributed by atoms with Gasteiger partial charge in [0, 0.05) is 17.2 Å². The minimum atomic E-state index is -1.03. The molecule has 6 nitrogen and oxygen atoms in total. The van der Waals surface area contributed by atoms with Crippen LogP contribution in [0.5, 0.6) is 0 Å². The fourth-order valence-corrected chi connectivity index (χ4v) is 3.27. The molecule has 166 valence electrons. The van der Waals surface area contributed by atoms with E-state index >= 15 is 0 Å². The Morgan fingerprint density at radius 1 is 1.16 bits per heavy atom. The quantitative estimate of drug-likeness (QED) is 0.293. The highest BCUT2D eigenvalue weighted by molar-refractivity contribution is 5.97. The molecule has 0 aromatic heterocycles. The van der Waals surface area contributed by atoms with Gasteiger partial charge in [-0.05, 0) is 73.2 Å². The summed E-state index contributed by atoms with van der Waals surface area (Å²) in [6.07, 6.45) is 8.86. The summed E-state index contributed by atoms with van der Waals surface area (Å²) < 4.78 is 0. The molecular weight excluding hydrogens is 402 g/mol. The van der Waals surface area contributed by atoms with Crippen molar-refractivity contribution < 1.29 is 14.8 Å². The van der Waals surface area contributed by atoms with Crippen LogP contribution < -0.4 is 16.5 Å². The van der Waals surface area contributed by atoms with Gasteiger partial charge < -0.3 is 11.1 Å². The fourth-order valence-electron chi connectivity index (χ4n) is 3.27. The summed E-state index contributed by atoms with van der Waals surface area (Å²) in [5, 5.41) is 11.3. The number of hydrogen-bond donors (Lipinski definition) is 4. The molecule has 1 fully saturated rings. The van der Waals surface area contributed by atoms with E-state index in [-0.39, 0.29) is 0 Å². The highest BCUT2D eigenvalue weighted by atomic mass is 16.5. The second kappa shape index (κ2) is 11.3. The van der Waals surface area contributed by atoms with Crippen molar-refractivity contribution in [3.05, 3.63) is 76.9 Å². The second-order valence-corrected chi connectivity index (χ2v) is 8.19. The van der Waals surface area contributed by atoms with Gasteiger partial charge in [0.25, 0.3) is 11.8 Å². The van der Waals surface area contributed by atoms with Crippen molar-refractivity contribution in [2.45, 2.75) is 44.7 Å². The number of nitrogens with one attached hydrogen (secondary N) is 2. The molecule has 1 aliphatic carbocycles. The number of amides is 2. The predicted octanol–water partition coefficient (Wildman–Crippen LogP) is 3.05. The number of hydrogen-bond acceptors (Lipinski definition) is 4. The van der Waals surface area contributed by atoms with E-state index in [0.717, 1.165) is 23.5 Å². The van der Waals surface area contributed by atoms with E-state index in [1.165, 1.54) is 30.3 Å². The lowest BCUT2D eigenvalue weighted by Gasteiger charge is -2.20. The molecule has 0 radical (unpaired) electrons. The van der Waals surface area contributed by atoms with Crippen molar-refractivity contribution in [3.8, 4) is 11.8 Å². The van der Waals surface area contributed by atoms with Gasteiger partial charge in [-0.15, -0.1) is 0 Å². The molecule has 2 amide bonds. The van der Waals surface area contributed by atoms with Crippen molar-refractivity contribution in [1.82, 2.24) is 10.8 Å². The summed E-state index contributed by atoms with van der Waals surface area (Å²) in [4.78, 5) is 24.0. The van der Waals surface area contributed by atoms with Crippen LogP contribution >= 0.6 is 0 Å². The molecule has 0 unspecified atom stereocenters. The Labute approximate surface area is 188 Å². The molecule has 0 saturated heterocycles. The first-order chi connectivity index (χ1) is 15.5. The van der Waals surface area contributed by atoms with Crippen LogP contribution in [-0.2, 0) is 11.2 Å². The van der Waals surface area contributed by atoms with Crippen molar-refractivity contribution in [3.63, 3.8) is 0 Å². The van der Waals surface area contributed by atoms with Gasteiger partial charge in [0.05, 0.1) is 0 Å². The molecule has 6 heteroatoms. The summed E-state index contributed by atoms with van der Waals surface area (Å²) in [5.41, 5.74) is 10.8. The van der Waals surface area contributed by atoms with E-state index in [9.17, 15) is 9.59 Å². The van der Waals surface area contributed by atoms with Crippen LogP contribution in [0.25, 0.3) is 6.08 Å². The number of rotatable bonds is 8. The van der Waals surface area contributed by atoms with E-state index in [0.29, 0.717) is 5.56 Å². The average molecular weight is 432 g/mol. The SMILES string of the molecule is C[C@@H](N)[C@H](NC(=O)c1ccc(/C=C/C#Cc2ccc(CCC3CC3)cc2)cc1)C(=O)NO. The third-order valence-corrected chi connectivity index (χ3v) is 5.45. The first-order valence-electron chi connectivity index (χ1n) is 10.8. The maximum Gasteiger partial charge on any atom is 0.267 e. The van der Waals surface area contributed by atoms with Crippen LogP contribution in [0.1, 0.15) is 53.2 Å². The standard InChI is InChI=1S/C26H29N3O3/c1-18(27)24(26(31)29-32)28-25(30)23-16-14-20(15-17-23)5-3-2-4-19-6-8-21(9-7-19)10-11-22-12-13-22/h3,5-9,14-18,22,24,32H,10-13,27H2,1H3,(H,28,30)(H,29,31)/b5-3+/t18-,24+/m1/s1. The van der Waals surface area contributed by atoms with Crippen molar-refractivity contribution in [2.24, 2.45) is 11.7 Å². The highest BCUT2D eigenvalue weighted by Gasteiger charge is 2.24. The van der Waals surface area contributed by atoms with Gasteiger partial charge in [-0.2, -0.15) is 0 Å². The molecule has 2 aromatic carbocycles. The van der Waals surface area contributed by atoms with Crippen molar-refractivity contribution in [2.75, 3.05) is 0 Å². The Bertz CT molecular complexity index is 1010. The molecule has 1 aliphatic rings. The molecule has 0 bridgehead atoms. The zero-order valence-corrected chi connectivity index (χ0v) is 18.2. The van der Waals surface area contributed by atoms with Crippen LogP contribution in [-0.4, -0.2) is 29.1 Å². The highest BCUT2D eigenvalue weighted by Crippen LogP contribution is 2.33. The summed E-state index contributed by atoms with van der Waals surface area (Å²) >= 11 is 0. The Morgan fingerprint density at radius 2 is 1.84 bits per heavy atom. The van der Waals surface area contributed by atoms with Crippen molar-refractivity contribution in [1.29, 1.82) is 0 Å². The Hall–Kier alpha value is -3.40. The molecule has 2 atom stereocenters. The molecule has 3 rings (SSSR count). The van der Waals surface area contributed by atoms with E-state index in [2.05, 4.69) is 41.4 Å². The molecule has 0 heterocycles. The van der Waals surface area contributed by atoms with E-state index in [1.807, 2.05) is 6.08 Å². The smallest absolute Gasteiger partial charge is 0.267 e. The molecule has 0 aliphatic heterocycles. The van der Waals surface area contributed by atoms with E-state index < -0.39 is 23.9 Å². The molecule has 5 N–H and O–H groups in total. The van der Waals surface area contributed by atoms with E-state index in [1.54, 1.807) is 37.3 Å². The van der Waals surface area contributed by atoms with Gasteiger partial charge >= 0.3 is 0 Å². The number of hydroxylamine groups is 1. The van der Waals surface area contributed by atoms with Gasteiger partial charge in [0.15, 0.2) is 0 Å². The summed E-state index contributed by atoms with van der Waals surface area (Å²) in [6.45, 7) is 1.57. The molecule has 32 heavy (non-hydrogen) atoms. The molecule has 2 aromatic rings. The number of aryl methyl sites for hydroxylation is 1. The maximum absolute atomic E-state index is 12.3. The number of benzene rings is 2. The van der Waals surface area contributed by atoms with Crippen molar-refractivity contribution >= 4 is 17.9 Å². The monoisotopic (exact) mass is 431 g/mol. The van der Waals surface area contributed by atoms with Crippen LogP contribution in [0, 0.1) is 17.8 Å². The zero-order valence-electron chi connectivity index (χ0n) is 18.2. The zero-order chi connectivity index (χ0) is 22.9. The van der Waals surface area contributed by atoms with Gasteiger partial charge in [-0.25, -0.2) is 5.48 Å². The molecule has 1 saturated carbocycles. The topological polar surface area (TPSA) is 104 Å². The summed E-state index contributed by atoms with van der Waals surface area (Å²) in [7, 11) is 0. The predicted molar refractivity (Wildman–Crippen MR) is 125 cm³/mol. The maximum atomic E-state index is 12.3. The van der Waals surface area contributed by atoms with Crippen LogP contribution in [0.4, 0.5) is 0 Å². The van der Waals surface area contributed by atoms with Gasteiger partial charge in [0.2, 0.25) is 0 Å². The number of nitrogens with two attached hydrogens (primary N) is 1. The Morgan fingerprint density at radius 3 is 2.44 bits per heavy atom. The lowest BCUT2D eigenvalue weighted by Crippen LogP contribution is -2.54. The Kier molecular flexibility index (Phi) is 8.20. The summed E-state index contributed by atoms with van der Waals surface area (Å²) in [6, 6.07) is 13.6. The third kappa shape index (κ3) is 7.09. The second-order valence-electron chi connectivity index (χ2n) is 8.19. The van der Waals surface area contributed by atoms with E-state index in [4.69, 9.17) is 10.9 Å². The minimum absolute atomic E-state index is 0.381. The van der Waals surface area contributed by atoms with Crippen LogP contribution in [0.15, 0.2) is 54.6 Å². The summed E-state index contributed by atoms with van der Waals surface area (Å²) in [5.74, 6) is 5.89. The normalized spacial score (nSPS) is 14.8. The lowest BCUT2D eigenvalue weighted by molar-refractivity contribution is -0.131. The van der Waals surface area contributed by atoms with Gasteiger partial charge in [-0.1, -0.05) is 48.9 Å². The molecular formula is C26H29N3O3. The third-order valence-electron chi connectivity index (χ3n) is 5.45. The van der Waals surface area contributed by atoms with Gasteiger partial charge in [-0.3, -0.25) is 14.8 Å².